The molecule has 0 saturated carbocycles. The Morgan fingerprint density at radius 1 is 1.20 bits per heavy atom. The molecule has 0 aliphatic heterocycles. The van der Waals surface area contributed by atoms with Gasteiger partial charge < -0.3 is 4.90 Å². The highest BCUT2D eigenvalue weighted by atomic mass is 32.2. The van der Waals surface area contributed by atoms with Crippen LogP contribution >= 0.6 is 0 Å². The minimum absolute atomic E-state index is 0.00730. The van der Waals surface area contributed by atoms with Crippen molar-refractivity contribution >= 4 is 15.9 Å². The van der Waals surface area contributed by atoms with E-state index in [9.17, 15) is 13.2 Å². The first kappa shape index (κ1) is 16.6. The van der Waals surface area contributed by atoms with Gasteiger partial charge in [0.05, 0.1) is 5.75 Å². The summed E-state index contributed by atoms with van der Waals surface area (Å²) in [5.41, 5.74) is 1.10. The van der Waals surface area contributed by atoms with Crippen LogP contribution in [0.5, 0.6) is 0 Å². The zero-order valence-corrected chi connectivity index (χ0v) is 12.9. The van der Waals surface area contributed by atoms with E-state index in [0.717, 1.165) is 16.3 Å². The van der Waals surface area contributed by atoms with Crippen molar-refractivity contribution in [2.24, 2.45) is 0 Å². The molecule has 0 saturated heterocycles. The van der Waals surface area contributed by atoms with Crippen molar-refractivity contribution < 1.29 is 13.2 Å². The molecule has 7 heteroatoms. The molecule has 1 heterocycles. The second-order valence-corrected chi connectivity index (χ2v) is 7.07. The largest absolute Gasteiger partial charge is 0.345 e. The number of sulfonamides is 1. The molecule has 6 nitrogen and oxygen atoms in total. The minimum atomic E-state index is -3.32. The van der Waals surface area contributed by atoms with Crippen molar-refractivity contribution in [1.82, 2.24) is 14.2 Å². The van der Waals surface area contributed by atoms with Gasteiger partial charge in [0, 0.05) is 46.5 Å². The summed E-state index contributed by atoms with van der Waals surface area (Å²) in [6.45, 7) is 0.560. The van der Waals surface area contributed by atoms with Gasteiger partial charge in [-0.2, -0.15) is 0 Å². The van der Waals surface area contributed by atoms with Gasteiger partial charge in [-0.05, 0) is 24.1 Å². The van der Waals surface area contributed by atoms with Crippen LogP contribution in [0.2, 0.25) is 0 Å². The van der Waals surface area contributed by atoms with Crippen LogP contribution < -0.4 is 0 Å². The normalized spacial score (nSPS) is 11.6. The van der Waals surface area contributed by atoms with Crippen molar-refractivity contribution in [3.63, 3.8) is 0 Å². The maximum absolute atomic E-state index is 11.9. The first-order valence-corrected chi connectivity index (χ1v) is 7.97. The lowest BCUT2D eigenvalue weighted by atomic mass is 10.2. The molecule has 1 rings (SSSR count). The molecule has 20 heavy (non-hydrogen) atoms. The predicted octanol–water partition coefficient (Wildman–Crippen LogP) is 0.364. The van der Waals surface area contributed by atoms with Crippen molar-refractivity contribution in [1.29, 1.82) is 0 Å². The minimum Gasteiger partial charge on any atom is -0.345 e. The molecule has 0 radical (unpaired) electrons. The van der Waals surface area contributed by atoms with Gasteiger partial charge in [0.15, 0.2) is 0 Å². The fourth-order valence-electron chi connectivity index (χ4n) is 1.56. The van der Waals surface area contributed by atoms with Crippen LogP contribution in [-0.4, -0.2) is 62.0 Å². The number of pyridine rings is 1. The third kappa shape index (κ3) is 5.26. The molecule has 0 atom stereocenters. The van der Waals surface area contributed by atoms with Gasteiger partial charge in [-0.1, -0.05) is 0 Å². The van der Waals surface area contributed by atoms with E-state index >= 15 is 0 Å². The topological polar surface area (TPSA) is 70.6 Å². The molecule has 0 aliphatic rings. The van der Waals surface area contributed by atoms with Crippen molar-refractivity contribution in [2.75, 3.05) is 33.4 Å². The van der Waals surface area contributed by atoms with Gasteiger partial charge in [-0.3, -0.25) is 9.78 Å². The lowest BCUT2D eigenvalue weighted by Gasteiger charge is -2.18. The number of rotatable bonds is 7. The second-order valence-electron chi connectivity index (χ2n) is 4.77. The molecule has 0 N–H and O–H groups in total. The standard InChI is InChI=1S/C13H21N3O3S/c1-15(2)20(18,19)11-7-13(17)16(3)10-6-12-4-8-14-9-5-12/h4-5,8-9H,6-7,10-11H2,1-3H3. The smallest absolute Gasteiger partial charge is 0.223 e. The Labute approximate surface area is 120 Å². The van der Waals surface area contributed by atoms with E-state index in [1.165, 1.54) is 14.1 Å². The Bertz CT molecular complexity index is 529. The summed E-state index contributed by atoms with van der Waals surface area (Å²) in [5, 5.41) is 0. The summed E-state index contributed by atoms with van der Waals surface area (Å²) in [5.74, 6) is -0.317. The summed E-state index contributed by atoms with van der Waals surface area (Å²) >= 11 is 0. The van der Waals surface area contributed by atoms with E-state index in [-0.39, 0.29) is 18.1 Å². The molecule has 1 aromatic heterocycles. The zero-order valence-electron chi connectivity index (χ0n) is 12.1. The Balaban J connectivity index is 2.40. The molecule has 1 aromatic rings. The SMILES string of the molecule is CN(CCc1ccncc1)C(=O)CCS(=O)(=O)N(C)C. The van der Waals surface area contributed by atoms with Crippen LogP contribution in [0.3, 0.4) is 0 Å². The molecular weight excluding hydrogens is 278 g/mol. The average molecular weight is 299 g/mol. The maximum atomic E-state index is 11.9. The highest BCUT2D eigenvalue weighted by molar-refractivity contribution is 7.89. The van der Waals surface area contributed by atoms with Crippen LogP contribution in [0.25, 0.3) is 0 Å². The van der Waals surface area contributed by atoms with Gasteiger partial charge in [0.1, 0.15) is 0 Å². The number of carbonyl (C=O) groups excluding carboxylic acids is 1. The van der Waals surface area contributed by atoms with Crippen molar-refractivity contribution in [2.45, 2.75) is 12.8 Å². The number of hydrogen-bond donors (Lipinski definition) is 0. The van der Waals surface area contributed by atoms with Crippen LogP contribution in [0.15, 0.2) is 24.5 Å². The fourth-order valence-corrected chi connectivity index (χ4v) is 2.36. The second kappa shape index (κ2) is 7.35. The molecular formula is C13H21N3O3S. The highest BCUT2D eigenvalue weighted by Gasteiger charge is 2.17. The quantitative estimate of drug-likeness (QED) is 0.729. The summed E-state index contributed by atoms with van der Waals surface area (Å²) in [6, 6.07) is 3.80. The lowest BCUT2D eigenvalue weighted by molar-refractivity contribution is -0.129. The zero-order chi connectivity index (χ0) is 15.2. The Morgan fingerprint density at radius 2 is 1.80 bits per heavy atom. The first-order valence-electron chi connectivity index (χ1n) is 6.36. The van der Waals surface area contributed by atoms with Gasteiger partial charge in [-0.25, -0.2) is 12.7 Å². The lowest BCUT2D eigenvalue weighted by Crippen LogP contribution is -2.32. The molecule has 0 unspecified atom stereocenters. The van der Waals surface area contributed by atoms with Crippen molar-refractivity contribution in [3.05, 3.63) is 30.1 Å². The first-order chi connectivity index (χ1) is 9.33. The van der Waals surface area contributed by atoms with Crippen LogP contribution in [-0.2, 0) is 21.2 Å². The van der Waals surface area contributed by atoms with E-state index in [4.69, 9.17) is 0 Å². The average Bonchev–Trinajstić information content (AvgIpc) is 2.43. The maximum Gasteiger partial charge on any atom is 0.223 e. The number of carbonyl (C=O) groups is 1. The number of hydrogen-bond acceptors (Lipinski definition) is 4. The number of amides is 1. The van der Waals surface area contributed by atoms with Gasteiger partial charge in [0.25, 0.3) is 0 Å². The summed E-state index contributed by atoms with van der Waals surface area (Å²) < 4.78 is 24.3. The molecule has 0 fully saturated rings. The van der Waals surface area contributed by atoms with Gasteiger partial charge in [-0.15, -0.1) is 0 Å². The van der Waals surface area contributed by atoms with Crippen LogP contribution in [0.4, 0.5) is 0 Å². The number of nitrogens with zero attached hydrogens (tertiary/aromatic N) is 3. The molecule has 112 valence electrons. The van der Waals surface area contributed by atoms with Crippen LogP contribution in [0.1, 0.15) is 12.0 Å². The van der Waals surface area contributed by atoms with E-state index in [2.05, 4.69) is 4.98 Å². The molecule has 0 aromatic carbocycles. The van der Waals surface area contributed by atoms with E-state index in [1.54, 1.807) is 24.3 Å². The summed E-state index contributed by atoms with van der Waals surface area (Å²) in [7, 11) is 1.30. The number of aromatic nitrogens is 1. The number of likely N-dealkylation sites (N-methyl/N-ethyl adjacent to an activating group) is 1. The third-order valence-electron chi connectivity index (χ3n) is 3.04. The molecule has 0 aliphatic carbocycles. The van der Waals surface area contributed by atoms with Gasteiger partial charge in [0.2, 0.25) is 15.9 Å². The molecule has 0 spiro atoms. The summed E-state index contributed by atoms with van der Waals surface area (Å²) in [4.78, 5) is 17.4. The Hall–Kier alpha value is -1.47. The fraction of sp³-hybridized carbons (Fsp3) is 0.538. The molecule has 1 amide bonds. The molecule has 0 bridgehead atoms. The third-order valence-corrected chi connectivity index (χ3v) is 4.87. The highest BCUT2D eigenvalue weighted by Crippen LogP contribution is 2.03. The van der Waals surface area contributed by atoms with E-state index in [0.29, 0.717) is 6.54 Å². The van der Waals surface area contributed by atoms with E-state index < -0.39 is 10.0 Å². The Kier molecular flexibility index (Phi) is 6.09. The predicted molar refractivity (Wildman–Crippen MR) is 77.7 cm³/mol. The Morgan fingerprint density at radius 3 is 2.35 bits per heavy atom. The monoisotopic (exact) mass is 299 g/mol. The van der Waals surface area contributed by atoms with Gasteiger partial charge >= 0.3 is 0 Å². The van der Waals surface area contributed by atoms with Crippen molar-refractivity contribution in [3.8, 4) is 0 Å². The van der Waals surface area contributed by atoms with E-state index in [1.807, 2.05) is 12.1 Å². The van der Waals surface area contributed by atoms with Crippen LogP contribution in [0, 0.1) is 0 Å². The summed E-state index contributed by atoms with van der Waals surface area (Å²) in [6.07, 6.45) is 4.15.